The summed E-state index contributed by atoms with van der Waals surface area (Å²) in [6.45, 7) is 6.56. The summed E-state index contributed by atoms with van der Waals surface area (Å²) < 4.78 is 5.68. The summed E-state index contributed by atoms with van der Waals surface area (Å²) in [6.07, 6.45) is 1.58. The molecule has 0 bridgehead atoms. The number of hydrogen-bond acceptors (Lipinski definition) is 6. The van der Waals surface area contributed by atoms with Crippen LogP contribution in [0.15, 0.2) is 18.2 Å². The average molecular weight is 400 g/mol. The van der Waals surface area contributed by atoms with Gasteiger partial charge in [0.25, 0.3) is 5.91 Å². The first-order valence-electron chi connectivity index (χ1n) is 10.2. The van der Waals surface area contributed by atoms with Crippen molar-refractivity contribution < 1.29 is 19.1 Å². The quantitative estimate of drug-likeness (QED) is 0.479. The monoisotopic (exact) mass is 400 g/mol. The summed E-state index contributed by atoms with van der Waals surface area (Å²) in [6, 6.07) is 5.59. The molecule has 1 aromatic carbocycles. The lowest BCUT2D eigenvalue weighted by Crippen LogP contribution is -2.52. The fourth-order valence-electron chi connectivity index (χ4n) is 4.38. The van der Waals surface area contributed by atoms with Crippen LogP contribution in [0.3, 0.4) is 0 Å². The zero-order valence-corrected chi connectivity index (χ0v) is 16.9. The maximum absolute atomic E-state index is 13.1. The van der Waals surface area contributed by atoms with E-state index in [1.807, 2.05) is 32.0 Å². The smallest absolute Gasteiger partial charge is 0.255 e. The molecule has 3 N–H and O–H groups in total. The van der Waals surface area contributed by atoms with Crippen LogP contribution in [-0.4, -0.2) is 53.6 Å². The van der Waals surface area contributed by atoms with Gasteiger partial charge in [0, 0.05) is 31.1 Å². The minimum Gasteiger partial charge on any atom is -0.360 e. The Morgan fingerprint density at radius 2 is 2.10 bits per heavy atom. The lowest BCUT2D eigenvalue weighted by atomic mass is 10.0. The Labute approximate surface area is 170 Å². The van der Waals surface area contributed by atoms with E-state index in [0.717, 1.165) is 24.1 Å². The van der Waals surface area contributed by atoms with E-state index in [-0.39, 0.29) is 29.9 Å². The van der Waals surface area contributed by atoms with Gasteiger partial charge < -0.3 is 15.0 Å². The molecule has 3 aliphatic heterocycles. The van der Waals surface area contributed by atoms with Crippen LogP contribution in [-0.2, 0) is 27.4 Å². The van der Waals surface area contributed by atoms with Gasteiger partial charge in [-0.25, -0.2) is 0 Å². The summed E-state index contributed by atoms with van der Waals surface area (Å²) in [7, 11) is 0. The Hall–Kier alpha value is -2.29. The van der Waals surface area contributed by atoms with Crippen LogP contribution < -0.4 is 16.0 Å². The number of benzene rings is 1. The number of ether oxygens (including phenoxy) is 1. The Kier molecular flexibility index (Phi) is 5.42. The number of piperidine rings is 1. The second kappa shape index (κ2) is 7.85. The van der Waals surface area contributed by atoms with Crippen molar-refractivity contribution in [1.82, 2.24) is 20.9 Å². The van der Waals surface area contributed by atoms with Crippen molar-refractivity contribution in [3.05, 3.63) is 34.9 Å². The standard InChI is InChI=1S/C21H28N4O4/c1-21(2)24-15(12-29-21)8-9-22-10-13-4-3-5-14-11-25(20(28)18(13)14)16-6-7-17(26)23-19(16)27/h3-5,15-16,22,24H,6-12H2,1-2H3,(H,23,26,27)/t15-,16?/m0/s1. The van der Waals surface area contributed by atoms with Crippen molar-refractivity contribution >= 4 is 17.7 Å². The Morgan fingerprint density at radius 1 is 1.28 bits per heavy atom. The van der Waals surface area contributed by atoms with E-state index in [4.69, 9.17) is 4.74 Å². The van der Waals surface area contributed by atoms with Crippen LogP contribution in [0.5, 0.6) is 0 Å². The van der Waals surface area contributed by atoms with Gasteiger partial charge in [-0.15, -0.1) is 0 Å². The van der Waals surface area contributed by atoms with Crippen molar-refractivity contribution in [2.75, 3.05) is 13.2 Å². The fourth-order valence-corrected chi connectivity index (χ4v) is 4.38. The lowest BCUT2D eigenvalue weighted by molar-refractivity contribution is -0.136. The predicted molar refractivity (Wildman–Crippen MR) is 106 cm³/mol. The van der Waals surface area contributed by atoms with Gasteiger partial charge in [-0.2, -0.15) is 0 Å². The molecule has 8 nitrogen and oxygen atoms in total. The zero-order chi connectivity index (χ0) is 20.6. The summed E-state index contributed by atoms with van der Waals surface area (Å²) in [4.78, 5) is 38.3. The first-order valence-corrected chi connectivity index (χ1v) is 10.2. The first kappa shape index (κ1) is 20.0. The number of carbonyl (C=O) groups excluding carboxylic acids is 3. The number of carbonyl (C=O) groups is 3. The van der Waals surface area contributed by atoms with Gasteiger partial charge in [-0.3, -0.25) is 25.0 Å². The number of rotatable bonds is 6. The van der Waals surface area contributed by atoms with Gasteiger partial charge in [0.2, 0.25) is 11.8 Å². The second-order valence-electron chi connectivity index (χ2n) is 8.48. The fraction of sp³-hybridized carbons (Fsp3) is 0.571. The van der Waals surface area contributed by atoms with Gasteiger partial charge in [-0.05, 0) is 44.4 Å². The number of hydrogen-bond donors (Lipinski definition) is 3. The predicted octanol–water partition coefficient (Wildman–Crippen LogP) is 0.652. The van der Waals surface area contributed by atoms with Crippen molar-refractivity contribution in [2.24, 2.45) is 0 Å². The maximum atomic E-state index is 13.1. The Balaban J connectivity index is 1.36. The molecular weight excluding hydrogens is 372 g/mol. The molecule has 0 radical (unpaired) electrons. The molecule has 2 saturated heterocycles. The SMILES string of the molecule is CC1(C)N[C@@H](CCNCc2cccc3c2C(=O)N(C2CCC(=O)NC2=O)C3)CO1. The minimum atomic E-state index is -0.579. The van der Waals surface area contributed by atoms with E-state index < -0.39 is 6.04 Å². The van der Waals surface area contributed by atoms with E-state index in [2.05, 4.69) is 16.0 Å². The largest absolute Gasteiger partial charge is 0.360 e. The first-order chi connectivity index (χ1) is 13.8. The highest BCUT2D eigenvalue weighted by molar-refractivity contribution is 6.05. The molecule has 156 valence electrons. The molecule has 2 atom stereocenters. The summed E-state index contributed by atoms with van der Waals surface area (Å²) in [5.74, 6) is -0.776. The highest BCUT2D eigenvalue weighted by Gasteiger charge is 2.39. The molecule has 0 saturated carbocycles. The number of nitrogens with one attached hydrogen (secondary N) is 3. The van der Waals surface area contributed by atoms with Gasteiger partial charge in [-0.1, -0.05) is 18.2 Å². The van der Waals surface area contributed by atoms with E-state index >= 15 is 0 Å². The van der Waals surface area contributed by atoms with Crippen molar-refractivity contribution in [3.63, 3.8) is 0 Å². The molecular formula is C21H28N4O4. The van der Waals surface area contributed by atoms with Crippen molar-refractivity contribution in [3.8, 4) is 0 Å². The van der Waals surface area contributed by atoms with Gasteiger partial charge in [0.15, 0.2) is 0 Å². The third-order valence-corrected chi connectivity index (χ3v) is 5.82. The minimum absolute atomic E-state index is 0.125. The van der Waals surface area contributed by atoms with Crippen LogP contribution in [0.25, 0.3) is 0 Å². The van der Waals surface area contributed by atoms with Crippen LogP contribution in [0.1, 0.15) is 54.6 Å². The highest BCUT2D eigenvalue weighted by Crippen LogP contribution is 2.29. The molecule has 3 aliphatic rings. The van der Waals surface area contributed by atoms with E-state index in [0.29, 0.717) is 37.7 Å². The van der Waals surface area contributed by atoms with Gasteiger partial charge in [0.1, 0.15) is 11.8 Å². The molecule has 3 amide bonds. The molecule has 29 heavy (non-hydrogen) atoms. The third-order valence-electron chi connectivity index (χ3n) is 5.82. The van der Waals surface area contributed by atoms with E-state index in [9.17, 15) is 14.4 Å². The normalized spacial score (nSPS) is 26.0. The van der Waals surface area contributed by atoms with E-state index in [1.54, 1.807) is 4.90 Å². The summed E-state index contributed by atoms with van der Waals surface area (Å²) >= 11 is 0. The van der Waals surface area contributed by atoms with E-state index in [1.165, 1.54) is 0 Å². The number of imide groups is 1. The Bertz CT molecular complexity index is 838. The summed E-state index contributed by atoms with van der Waals surface area (Å²) in [5.41, 5.74) is 2.30. The number of nitrogens with zero attached hydrogens (tertiary/aromatic N) is 1. The van der Waals surface area contributed by atoms with Gasteiger partial charge in [0.05, 0.1) is 6.61 Å². The molecule has 1 aromatic rings. The Morgan fingerprint density at radius 3 is 2.83 bits per heavy atom. The van der Waals surface area contributed by atoms with Gasteiger partial charge >= 0.3 is 0 Å². The number of amides is 3. The molecule has 4 rings (SSSR count). The number of fused-ring (bicyclic) bond motifs is 1. The molecule has 0 aliphatic carbocycles. The van der Waals surface area contributed by atoms with Crippen LogP contribution in [0, 0.1) is 0 Å². The zero-order valence-electron chi connectivity index (χ0n) is 16.9. The van der Waals surface area contributed by atoms with Crippen LogP contribution >= 0.6 is 0 Å². The molecule has 8 heteroatoms. The molecule has 0 aromatic heterocycles. The highest BCUT2D eigenvalue weighted by atomic mass is 16.5. The second-order valence-corrected chi connectivity index (χ2v) is 8.48. The van der Waals surface area contributed by atoms with Crippen molar-refractivity contribution in [2.45, 2.75) is 64.0 Å². The third kappa shape index (κ3) is 4.19. The molecule has 0 spiro atoms. The van der Waals surface area contributed by atoms with Crippen molar-refractivity contribution in [1.29, 1.82) is 0 Å². The topological polar surface area (TPSA) is 99.8 Å². The lowest BCUT2D eigenvalue weighted by Gasteiger charge is -2.29. The molecule has 2 fully saturated rings. The molecule has 3 heterocycles. The average Bonchev–Trinajstić information content (AvgIpc) is 3.18. The van der Waals surface area contributed by atoms with Crippen LogP contribution in [0.2, 0.25) is 0 Å². The maximum Gasteiger partial charge on any atom is 0.255 e. The molecule has 1 unspecified atom stereocenters. The van der Waals surface area contributed by atoms with Crippen LogP contribution in [0.4, 0.5) is 0 Å². The summed E-state index contributed by atoms with van der Waals surface area (Å²) in [5, 5.41) is 9.21.